The molecule has 0 N–H and O–H groups in total. The molecule has 2 aromatic carbocycles. The van der Waals surface area contributed by atoms with Crippen molar-refractivity contribution in [3.63, 3.8) is 0 Å². The molecular formula is C27H30F4O2. The number of halogens is 4. The summed E-state index contributed by atoms with van der Waals surface area (Å²) in [5, 5.41) is 0. The lowest BCUT2D eigenvalue weighted by atomic mass is 9.94. The zero-order valence-electron chi connectivity index (χ0n) is 19.2. The molecule has 2 aromatic rings. The summed E-state index contributed by atoms with van der Waals surface area (Å²) in [7, 11) is 0. The van der Waals surface area contributed by atoms with Crippen molar-refractivity contribution in [2.75, 3.05) is 13.2 Å². The molecule has 1 fully saturated rings. The summed E-state index contributed by atoms with van der Waals surface area (Å²) in [6.45, 7) is 4.17. The fraction of sp³-hybridized carbons (Fsp3) is 0.481. The van der Waals surface area contributed by atoms with Gasteiger partial charge in [0.05, 0.1) is 24.9 Å². The number of hydrogen-bond donors (Lipinski definition) is 0. The van der Waals surface area contributed by atoms with Crippen LogP contribution in [-0.4, -0.2) is 13.2 Å². The van der Waals surface area contributed by atoms with Crippen molar-refractivity contribution in [2.24, 2.45) is 5.92 Å². The van der Waals surface area contributed by atoms with Crippen LogP contribution < -0.4 is 4.74 Å². The summed E-state index contributed by atoms with van der Waals surface area (Å²) in [5.74, 6) is 1.48. The summed E-state index contributed by atoms with van der Waals surface area (Å²) in [5.41, 5.74) is 0.370. The van der Waals surface area contributed by atoms with Crippen molar-refractivity contribution in [1.82, 2.24) is 0 Å². The quantitative estimate of drug-likeness (QED) is 0.231. The minimum atomic E-state index is -0.997. The molecule has 0 bridgehead atoms. The van der Waals surface area contributed by atoms with E-state index in [0.29, 0.717) is 19.4 Å². The van der Waals surface area contributed by atoms with Crippen LogP contribution in [0.3, 0.4) is 0 Å². The normalized spacial score (nSPS) is 18.0. The molecule has 0 aromatic heterocycles. The molecule has 178 valence electrons. The van der Waals surface area contributed by atoms with Crippen LogP contribution in [0.15, 0.2) is 24.3 Å². The minimum Gasteiger partial charge on any atom is -0.490 e. The van der Waals surface area contributed by atoms with Crippen molar-refractivity contribution in [3.05, 3.63) is 64.2 Å². The van der Waals surface area contributed by atoms with Crippen molar-refractivity contribution in [1.29, 1.82) is 0 Å². The molecule has 0 spiro atoms. The number of ether oxygens (including phenoxy) is 2. The molecule has 33 heavy (non-hydrogen) atoms. The lowest BCUT2D eigenvalue weighted by Crippen LogP contribution is -2.21. The van der Waals surface area contributed by atoms with Crippen LogP contribution in [0.2, 0.25) is 0 Å². The largest absolute Gasteiger partial charge is 0.490 e. The van der Waals surface area contributed by atoms with Gasteiger partial charge in [0.2, 0.25) is 5.82 Å². The second-order valence-electron chi connectivity index (χ2n) is 8.47. The summed E-state index contributed by atoms with van der Waals surface area (Å²) in [6, 6.07) is 5.88. The van der Waals surface area contributed by atoms with E-state index in [0.717, 1.165) is 32.1 Å². The third-order valence-electron chi connectivity index (χ3n) is 5.89. The highest BCUT2D eigenvalue weighted by Crippen LogP contribution is 2.35. The first-order chi connectivity index (χ1) is 15.9. The van der Waals surface area contributed by atoms with Crippen molar-refractivity contribution >= 4 is 0 Å². The van der Waals surface area contributed by atoms with Gasteiger partial charge in [0.25, 0.3) is 0 Å². The molecule has 1 aliphatic rings. The Morgan fingerprint density at radius 1 is 0.909 bits per heavy atom. The number of unbranched alkanes of at least 4 members (excludes halogenated alkanes) is 4. The van der Waals surface area contributed by atoms with Gasteiger partial charge < -0.3 is 9.47 Å². The molecule has 1 saturated heterocycles. The Morgan fingerprint density at radius 2 is 1.70 bits per heavy atom. The van der Waals surface area contributed by atoms with E-state index in [4.69, 9.17) is 9.47 Å². The maximum Gasteiger partial charge on any atom is 0.200 e. The molecule has 1 aliphatic heterocycles. The van der Waals surface area contributed by atoms with Crippen LogP contribution in [-0.2, 0) is 4.74 Å². The molecule has 2 unspecified atom stereocenters. The summed E-state index contributed by atoms with van der Waals surface area (Å²) in [6.07, 6.45) is 5.64. The smallest absolute Gasteiger partial charge is 0.200 e. The molecule has 0 aliphatic carbocycles. The van der Waals surface area contributed by atoms with Gasteiger partial charge >= 0.3 is 0 Å². The Labute approximate surface area is 193 Å². The average molecular weight is 463 g/mol. The zero-order chi connectivity index (χ0) is 23.8. The molecule has 1 heterocycles. The van der Waals surface area contributed by atoms with Gasteiger partial charge in [-0.15, -0.1) is 0 Å². The van der Waals surface area contributed by atoms with Crippen molar-refractivity contribution < 1.29 is 27.0 Å². The third-order valence-corrected chi connectivity index (χ3v) is 5.89. The maximum atomic E-state index is 14.7. The topological polar surface area (TPSA) is 18.5 Å². The predicted octanol–water partition coefficient (Wildman–Crippen LogP) is 7.42. The Hall–Kier alpha value is -2.52. The standard InChI is InChI=1S/C27H30F4O2/c1-3-4-5-6-7-16-32-23-15-13-21(26(30)27(23)31)22-14-10-19(17-33-22)9-12-20-11-8-18(2)24(28)25(20)29/h8,11,13,15,19,22H,3-7,10,14,16-17H2,1-2H3. The van der Waals surface area contributed by atoms with Crippen molar-refractivity contribution in [2.45, 2.75) is 64.9 Å². The Morgan fingerprint density at radius 3 is 2.42 bits per heavy atom. The number of rotatable bonds is 8. The molecule has 0 saturated carbocycles. The summed E-state index contributed by atoms with van der Waals surface area (Å²) in [4.78, 5) is 0. The van der Waals surface area contributed by atoms with Crippen LogP contribution in [0.4, 0.5) is 17.6 Å². The Kier molecular flexibility index (Phi) is 9.20. The van der Waals surface area contributed by atoms with Gasteiger partial charge in [0, 0.05) is 11.5 Å². The highest BCUT2D eigenvalue weighted by molar-refractivity contribution is 5.39. The first-order valence-corrected chi connectivity index (χ1v) is 11.6. The Balaban J connectivity index is 1.55. The van der Waals surface area contributed by atoms with E-state index in [1.54, 1.807) is 0 Å². The van der Waals surface area contributed by atoms with E-state index in [1.165, 1.54) is 31.2 Å². The fourth-order valence-corrected chi connectivity index (χ4v) is 3.83. The van der Waals surface area contributed by atoms with E-state index in [-0.39, 0.29) is 35.0 Å². The van der Waals surface area contributed by atoms with Gasteiger partial charge in [-0.25, -0.2) is 13.2 Å². The third kappa shape index (κ3) is 6.51. The van der Waals surface area contributed by atoms with Gasteiger partial charge in [-0.1, -0.05) is 50.5 Å². The summed E-state index contributed by atoms with van der Waals surface area (Å²) >= 11 is 0. The second kappa shape index (κ2) is 12.1. The maximum absolute atomic E-state index is 14.7. The molecule has 0 radical (unpaired) electrons. The number of hydrogen-bond acceptors (Lipinski definition) is 2. The van der Waals surface area contributed by atoms with Crippen LogP contribution in [0, 0.1) is 48.0 Å². The highest BCUT2D eigenvalue weighted by Gasteiger charge is 2.27. The second-order valence-corrected chi connectivity index (χ2v) is 8.47. The molecule has 2 atom stereocenters. The molecule has 6 heteroatoms. The van der Waals surface area contributed by atoms with Gasteiger partial charge in [0.1, 0.15) is 0 Å². The first kappa shape index (κ1) is 25.1. The number of benzene rings is 2. The van der Waals surface area contributed by atoms with E-state index in [1.807, 2.05) is 0 Å². The van der Waals surface area contributed by atoms with Crippen LogP contribution in [0.1, 0.15) is 74.7 Å². The molecule has 0 amide bonds. The Bertz CT molecular complexity index is 1000. The average Bonchev–Trinajstić information content (AvgIpc) is 2.82. The fourth-order valence-electron chi connectivity index (χ4n) is 3.83. The van der Waals surface area contributed by atoms with Crippen LogP contribution in [0.25, 0.3) is 0 Å². The van der Waals surface area contributed by atoms with Crippen LogP contribution in [0.5, 0.6) is 5.75 Å². The predicted molar refractivity (Wildman–Crippen MR) is 120 cm³/mol. The first-order valence-electron chi connectivity index (χ1n) is 11.6. The lowest BCUT2D eigenvalue weighted by Gasteiger charge is -2.27. The molecule has 2 nitrogen and oxygen atoms in total. The van der Waals surface area contributed by atoms with E-state index in [9.17, 15) is 17.6 Å². The summed E-state index contributed by atoms with van der Waals surface area (Å²) < 4.78 is 68.0. The highest BCUT2D eigenvalue weighted by atomic mass is 19.2. The van der Waals surface area contributed by atoms with Crippen molar-refractivity contribution in [3.8, 4) is 17.6 Å². The monoisotopic (exact) mass is 462 g/mol. The number of aryl methyl sites for hydroxylation is 1. The van der Waals surface area contributed by atoms with Gasteiger partial charge in [-0.2, -0.15) is 4.39 Å². The zero-order valence-corrected chi connectivity index (χ0v) is 19.2. The van der Waals surface area contributed by atoms with Crippen LogP contribution >= 0.6 is 0 Å². The van der Waals surface area contributed by atoms with Gasteiger partial charge in [0.15, 0.2) is 23.2 Å². The lowest BCUT2D eigenvalue weighted by molar-refractivity contribution is -0.00530. The van der Waals surface area contributed by atoms with E-state index in [2.05, 4.69) is 18.8 Å². The minimum absolute atomic E-state index is 0.00529. The SMILES string of the molecule is CCCCCCCOc1ccc(C2CCC(C#Cc3ccc(C)c(F)c3F)CO2)c(F)c1F. The van der Waals surface area contributed by atoms with E-state index < -0.39 is 29.4 Å². The van der Waals surface area contributed by atoms with Gasteiger partial charge in [-0.05, 0) is 49.9 Å². The molecule has 3 rings (SSSR count). The van der Waals surface area contributed by atoms with E-state index >= 15 is 0 Å². The molecular weight excluding hydrogens is 432 g/mol. The van der Waals surface area contributed by atoms with Gasteiger partial charge in [-0.3, -0.25) is 0 Å².